The molecular formula is C12H14N5O4Se. The van der Waals surface area contributed by atoms with Crippen LogP contribution in [0.4, 0.5) is 5.82 Å². The molecule has 3 heterocycles. The second-order valence-electron chi connectivity index (χ2n) is 4.97. The monoisotopic (exact) mass is 372 g/mol. The second kappa shape index (κ2) is 5.58. The Kier molecular flexibility index (Phi) is 3.89. The number of rotatable bonds is 3. The summed E-state index contributed by atoms with van der Waals surface area (Å²) in [5.74, 6) is 0.200. The average molecular weight is 371 g/mol. The number of anilines is 1. The van der Waals surface area contributed by atoms with Crippen LogP contribution in [0.1, 0.15) is 11.8 Å². The minimum atomic E-state index is -1.24. The van der Waals surface area contributed by atoms with E-state index in [0.29, 0.717) is 16.6 Å². The molecular weight excluding hydrogens is 357 g/mol. The molecule has 3 rings (SSSR count). The van der Waals surface area contributed by atoms with Crippen molar-refractivity contribution in [2.45, 2.75) is 24.5 Å². The minimum absolute atomic E-state index is 0.136. The van der Waals surface area contributed by atoms with Crippen molar-refractivity contribution in [2.75, 3.05) is 12.3 Å². The summed E-state index contributed by atoms with van der Waals surface area (Å²) in [6.07, 6.45) is -1.49. The molecule has 0 amide bonds. The Hall–Kier alpha value is -1.55. The van der Waals surface area contributed by atoms with E-state index in [2.05, 4.69) is 26.0 Å². The summed E-state index contributed by atoms with van der Waals surface area (Å²) in [5, 5.41) is 37.5. The summed E-state index contributed by atoms with van der Waals surface area (Å²) in [4.78, 5) is 8.03. The Morgan fingerprint density at radius 2 is 2.14 bits per heavy atom. The molecule has 1 radical (unpaired) electrons. The number of aromatic nitrogens is 3. The van der Waals surface area contributed by atoms with E-state index in [1.54, 1.807) is 6.20 Å². The van der Waals surface area contributed by atoms with E-state index < -0.39 is 31.1 Å². The van der Waals surface area contributed by atoms with Gasteiger partial charge >= 0.3 is 132 Å². The molecule has 9 nitrogen and oxygen atoms in total. The van der Waals surface area contributed by atoms with Gasteiger partial charge in [-0.05, 0) is 0 Å². The van der Waals surface area contributed by atoms with Gasteiger partial charge in [0.2, 0.25) is 0 Å². The van der Waals surface area contributed by atoms with Gasteiger partial charge < -0.3 is 0 Å². The molecule has 1 aliphatic rings. The third-order valence-corrected chi connectivity index (χ3v) is 4.14. The van der Waals surface area contributed by atoms with Crippen molar-refractivity contribution < 1.29 is 20.1 Å². The quantitative estimate of drug-likeness (QED) is 0.313. The first-order valence-electron chi connectivity index (χ1n) is 6.45. The van der Waals surface area contributed by atoms with Crippen molar-refractivity contribution >= 4 is 37.5 Å². The fourth-order valence-corrected chi connectivity index (χ4v) is 2.91. The van der Waals surface area contributed by atoms with Crippen molar-refractivity contribution in [1.82, 2.24) is 14.5 Å². The molecule has 1 saturated heterocycles. The number of hydrogen-bond acceptors (Lipinski definition) is 8. The molecule has 0 bridgehead atoms. The third kappa shape index (κ3) is 2.21. The van der Waals surface area contributed by atoms with Crippen LogP contribution in [0, 0.1) is 5.41 Å². The van der Waals surface area contributed by atoms with Gasteiger partial charge in [-0.2, -0.15) is 0 Å². The number of nitrogens with one attached hydrogen (secondary N) is 1. The van der Waals surface area contributed by atoms with Gasteiger partial charge in [0.25, 0.3) is 0 Å². The van der Waals surface area contributed by atoms with Crippen LogP contribution in [0.25, 0.3) is 11.0 Å². The predicted molar refractivity (Wildman–Crippen MR) is 77.5 cm³/mol. The Morgan fingerprint density at radius 1 is 1.41 bits per heavy atom. The van der Waals surface area contributed by atoms with Crippen LogP contribution in [0.3, 0.4) is 0 Å². The third-order valence-electron chi connectivity index (χ3n) is 3.67. The zero-order valence-corrected chi connectivity index (χ0v) is 13.0. The van der Waals surface area contributed by atoms with Crippen LogP contribution in [0.15, 0.2) is 12.5 Å². The molecule has 0 saturated carbocycles. The van der Waals surface area contributed by atoms with Gasteiger partial charge in [0.05, 0.1) is 0 Å². The van der Waals surface area contributed by atoms with Crippen LogP contribution >= 0.6 is 0 Å². The molecule has 2 aromatic rings. The molecule has 2 aromatic heterocycles. The fourth-order valence-electron chi connectivity index (χ4n) is 2.58. The molecule has 22 heavy (non-hydrogen) atoms. The summed E-state index contributed by atoms with van der Waals surface area (Å²) in [6, 6.07) is 0. The van der Waals surface area contributed by atoms with Crippen LogP contribution in [-0.4, -0.2) is 75.4 Å². The number of ether oxygens (including phenoxy) is 1. The summed E-state index contributed by atoms with van der Waals surface area (Å²) in [5.41, 5.74) is 6.69. The number of nitrogen functional groups attached to an aromatic ring is 1. The van der Waals surface area contributed by atoms with E-state index in [9.17, 15) is 15.3 Å². The maximum absolute atomic E-state index is 10.1. The number of nitrogens with zero attached hydrogens (tertiary/aromatic N) is 3. The van der Waals surface area contributed by atoms with Gasteiger partial charge in [0.1, 0.15) is 0 Å². The predicted octanol–water partition coefficient (Wildman–Crippen LogP) is -1.88. The Balaban J connectivity index is 2.16. The van der Waals surface area contributed by atoms with Crippen LogP contribution in [0.2, 0.25) is 0 Å². The topological polar surface area (TPSA) is 151 Å². The molecule has 4 atom stereocenters. The van der Waals surface area contributed by atoms with E-state index in [4.69, 9.17) is 15.9 Å². The molecule has 117 valence electrons. The van der Waals surface area contributed by atoms with E-state index >= 15 is 0 Å². The summed E-state index contributed by atoms with van der Waals surface area (Å²) in [6.45, 7) is -0.421. The summed E-state index contributed by atoms with van der Waals surface area (Å²) < 4.78 is 7.11. The van der Waals surface area contributed by atoms with E-state index in [1.165, 1.54) is 10.9 Å². The molecule has 1 fully saturated rings. The molecule has 1 aliphatic heterocycles. The number of hydrogen-bond donors (Lipinski definition) is 5. The van der Waals surface area contributed by atoms with Gasteiger partial charge in [-0.15, -0.1) is 0 Å². The standard InChI is InChI=1S/C12H14N5O4Se/c13-9-6-4(10(14)22)1-17(11(6)16-3-15-9)12-8(20)7(19)5(2-18)21-12/h1,3,5,7-8,12,14,18-20H,2H2,(H2,13,15,16). The van der Waals surface area contributed by atoms with E-state index in [1.807, 2.05) is 0 Å². The van der Waals surface area contributed by atoms with Crippen molar-refractivity contribution in [3.63, 3.8) is 0 Å². The van der Waals surface area contributed by atoms with E-state index in [-0.39, 0.29) is 10.4 Å². The van der Waals surface area contributed by atoms with Crippen molar-refractivity contribution in [1.29, 1.82) is 5.41 Å². The van der Waals surface area contributed by atoms with Crippen LogP contribution < -0.4 is 5.73 Å². The van der Waals surface area contributed by atoms with E-state index in [0.717, 1.165) is 0 Å². The molecule has 0 aromatic carbocycles. The molecule has 0 spiro atoms. The Morgan fingerprint density at radius 3 is 2.73 bits per heavy atom. The fraction of sp³-hybridized carbons (Fsp3) is 0.417. The van der Waals surface area contributed by atoms with Crippen molar-refractivity contribution in [3.05, 3.63) is 18.1 Å². The average Bonchev–Trinajstić information content (AvgIpc) is 3.00. The first-order chi connectivity index (χ1) is 10.5. The van der Waals surface area contributed by atoms with Crippen LogP contribution in [-0.2, 0) is 4.74 Å². The van der Waals surface area contributed by atoms with Gasteiger partial charge in [-0.1, -0.05) is 0 Å². The number of aliphatic hydroxyl groups is 3. The normalized spacial score (nSPS) is 28.3. The molecule has 6 N–H and O–H groups in total. The van der Waals surface area contributed by atoms with Gasteiger partial charge in [0.15, 0.2) is 0 Å². The molecule has 0 aliphatic carbocycles. The summed E-state index contributed by atoms with van der Waals surface area (Å²) in [7, 11) is 0. The first-order valence-corrected chi connectivity index (χ1v) is 7.30. The number of aliphatic hydroxyl groups excluding tert-OH is 3. The number of fused-ring (bicyclic) bond motifs is 1. The molecule has 10 heteroatoms. The van der Waals surface area contributed by atoms with Gasteiger partial charge in [0, 0.05) is 0 Å². The zero-order valence-electron chi connectivity index (χ0n) is 11.2. The summed E-state index contributed by atoms with van der Waals surface area (Å²) >= 11 is 2.59. The van der Waals surface area contributed by atoms with Crippen molar-refractivity contribution in [3.8, 4) is 0 Å². The number of nitrogens with two attached hydrogens (primary N) is 1. The second-order valence-corrected chi connectivity index (χ2v) is 5.82. The maximum atomic E-state index is 10.1. The van der Waals surface area contributed by atoms with Crippen LogP contribution in [0.5, 0.6) is 0 Å². The Bertz CT molecular complexity index is 736. The van der Waals surface area contributed by atoms with Crippen molar-refractivity contribution in [2.24, 2.45) is 0 Å². The zero-order chi connectivity index (χ0) is 16.0. The van der Waals surface area contributed by atoms with Gasteiger partial charge in [-0.25, -0.2) is 0 Å². The molecule has 4 unspecified atom stereocenters. The van der Waals surface area contributed by atoms with Gasteiger partial charge in [-0.3, -0.25) is 0 Å². The first kappa shape index (κ1) is 15.3. The SMILES string of the molecule is N=C([Se])c1cn(C2OC(CO)C(O)C2O)c2ncnc(N)c12. The Labute approximate surface area is 133 Å².